The third kappa shape index (κ3) is 3.76. The molecule has 0 unspecified atom stereocenters. The largest absolute Gasteiger partial charge is 0.508 e. The summed E-state index contributed by atoms with van der Waals surface area (Å²) in [5.74, 6) is 0.721. The number of benzene rings is 2. The molecule has 116 valence electrons. The van der Waals surface area contributed by atoms with Crippen LogP contribution in [0.3, 0.4) is 0 Å². The van der Waals surface area contributed by atoms with Crippen LogP contribution in [0.1, 0.15) is 5.56 Å². The maximum Gasteiger partial charge on any atom is 0.261 e. The molecule has 2 aromatic rings. The lowest BCUT2D eigenvalue weighted by atomic mass is 10.0. The first-order valence-electron chi connectivity index (χ1n) is 7.11. The second-order valence-electron chi connectivity index (χ2n) is 4.96. The molecule has 1 N–H and O–H groups in total. The smallest absolute Gasteiger partial charge is 0.261 e. The number of thioether (sulfide) groups is 1. The van der Waals surface area contributed by atoms with Crippen LogP contribution in [-0.2, 0) is 10.5 Å². The van der Waals surface area contributed by atoms with Gasteiger partial charge < -0.3 is 9.84 Å². The van der Waals surface area contributed by atoms with Crippen LogP contribution >= 0.6 is 23.7 Å². The fourth-order valence-electron chi connectivity index (χ4n) is 2.38. The zero-order chi connectivity index (χ0) is 15.4. The Hall–Kier alpha value is -1.21. The van der Waals surface area contributed by atoms with E-state index in [2.05, 4.69) is 0 Å². The number of phenolic OH excluding ortho intramolecular Hbond substituents is 1. The van der Waals surface area contributed by atoms with Gasteiger partial charge in [-0.1, -0.05) is 42.1 Å². The molecule has 0 saturated carbocycles. The van der Waals surface area contributed by atoms with E-state index in [-0.39, 0.29) is 10.2 Å². The molecule has 3 rings (SSSR count). The molecule has 1 saturated heterocycles. The van der Waals surface area contributed by atoms with Gasteiger partial charge in [0, 0.05) is 36.4 Å². The molecule has 1 aliphatic rings. The highest BCUT2D eigenvalue weighted by molar-refractivity contribution is 8.37. The molecule has 0 spiro atoms. The fraction of sp³-hybridized carbons (Fsp3) is 0.312. The Morgan fingerprint density at radius 3 is 2.77 bits per heavy atom. The van der Waals surface area contributed by atoms with Gasteiger partial charge in [0.2, 0.25) is 0 Å². The number of fused-ring (bicyclic) bond motifs is 1. The third-order valence-electron chi connectivity index (χ3n) is 3.52. The second-order valence-corrected chi connectivity index (χ2v) is 7.23. The van der Waals surface area contributed by atoms with Crippen molar-refractivity contribution in [3.05, 3.63) is 42.0 Å². The number of rotatable bonds is 3. The lowest BCUT2D eigenvalue weighted by Crippen LogP contribution is -2.31. The van der Waals surface area contributed by atoms with Crippen LogP contribution in [0.25, 0.3) is 10.8 Å². The number of carbonyl (C=O) groups excluding carboxylic acids is 1. The van der Waals surface area contributed by atoms with Gasteiger partial charge in [0.25, 0.3) is 4.45 Å². The molecule has 1 heterocycles. The molecule has 0 aromatic heterocycles. The summed E-state index contributed by atoms with van der Waals surface area (Å²) in [6, 6.07) is 11.5. The minimum atomic E-state index is 0.0502. The molecule has 4 nitrogen and oxygen atoms in total. The normalized spacial score (nSPS) is 16.0. The van der Waals surface area contributed by atoms with Crippen molar-refractivity contribution in [2.24, 2.45) is 0 Å². The highest BCUT2D eigenvalue weighted by Gasteiger charge is 2.17. The molecule has 1 fully saturated rings. The quantitative estimate of drug-likeness (QED) is 0.859. The lowest BCUT2D eigenvalue weighted by molar-refractivity contribution is 0.0776. The van der Waals surface area contributed by atoms with Crippen LogP contribution in [0, 0.1) is 0 Å². The number of hydrogen-bond acceptors (Lipinski definition) is 6. The highest BCUT2D eigenvalue weighted by atomic mass is 32.2. The Bertz CT molecular complexity index is 671. The van der Waals surface area contributed by atoms with Crippen molar-refractivity contribution in [3.8, 4) is 5.75 Å². The summed E-state index contributed by atoms with van der Waals surface area (Å²) in [6.07, 6.45) is 0. The van der Waals surface area contributed by atoms with Gasteiger partial charge in [-0.15, -0.1) is 0 Å². The summed E-state index contributed by atoms with van der Waals surface area (Å²) in [4.78, 5) is 12.1. The fourth-order valence-corrected chi connectivity index (χ4v) is 4.19. The molecule has 2 aromatic carbocycles. The van der Waals surface area contributed by atoms with Crippen molar-refractivity contribution in [1.82, 2.24) is 4.31 Å². The Kier molecular flexibility index (Phi) is 5.25. The summed E-state index contributed by atoms with van der Waals surface area (Å²) >= 11 is 2.48. The van der Waals surface area contributed by atoms with E-state index in [0.717, 1.165) is 29.4 Å². The molecule has 22 heavy (non-hydrogen) atoms. The van der Waals surface area contributed by atoms with Gasteiger partial charge in [0.1, 0.15) is 5.75 Å². The topological polar surface area (TPSA) is 49.8 Å². The predicted octanol–water partition coefficient (Wildman–Crippen LogP) is 3.88. The van der Waals surface area contributed by atoms with Gasteiger partial charge in [0.15, 0.2) is 0 Å². The molecule has 6 heteroatoms. The number of phenols is 1. The summed E-state index contributed by atoms with van der Waals surface area (Å²) in [7, 11) is 0. The molecule has 0 bridgehead atoms. The van der Waals surface area contributed by atoms with Crippen molar-refractivity contribution in [1.29, 1.82) is 0 Å². The number of carbonyl (C=O) groups is 1. The first-order chi connectivity index (χ1) is 10.7. The Labute approximate surface area is 138 Å². The average molecular weight is 335 g/mol. The van der Waals surface area contributed by atoms with Crippen molar-refractivity contribution < 1.29 is 14.6 Å². The molecular weight excluding hydrogens is 318 g/mol. The Morgan fingerprint density at radius 1 is 1.18 bits per heavy atom. The van der Waals surface area contributed by atoms with E-state index >= 15 is 0 Å². The van der Waals surface area contributed by atoms with Crippen LogP contribution in [0.4, 0.5) is 4.79 Å². The number of ether oxygens (including phenoxy) is 1. The van der Waals surface area contributed by atoms with Crippen LogP contribution in [-0.4, -0.2) is 40.2 Å². The first kappa shape index (κ1) is 15.7. The van der Waals surface area contributed by atoms with Crippen LogP contribution in [0.2, 0.25) is 0 Å². The van der Waals surface area contributed by atoms with E-state index in [0.29, 0.717) is 19.0 Å². The van der Waals surface area contributed by atoms with E-state index in [1.165, 1.54) is 23.7 Å². The number of morpholine rings is 1. The zero-order valence-electron chi connectivity index (χ0n) is 12.0. The van der Waals surface area contributed by atoms with Gasteiger partial charge in [-0.05, 0) is 16.8 Å². The maximum atomic E-state index is 12.1. The number of aromatic hydroxyl groups is 1. The van der Waals surface area contributed by atoms with Gasteiger partial charge in [-0.3, -0.25) is 4.79 Å². The zero-order valence-corrected chi connectivity index (χ0v) is 13.7. The third-order valence-corrected chi connectivity index (χ3v) is 5.54. The molecule has 0 atom stereocenters. The van der Waals surface area contributed by atoms with Crippen molar-refractivity contribution in [3.63, 3.8) is 0 Å². The molecule has 1 aliphatic heterocycles. The van der Waals surface area contributed by atoms with E-state index in [4.69, 9.17) is 4.74 Å². The summed E-state index contributed by atoms with van der Waals surface area (Å²) in [6.45, 7) is 2.90. The summed E-state index contributed by atoms with van der Waals surface area (Å²) < 4.78 is 7.35. The van der Waals surface area contributed by atoms with Gasteiger partial charge in [-0.2, -0.15) is 0 Å². The predicted molar refractivity (Wildman–Crippen MR) is 92.3 cm³/mol. The van der Waals surface area contributed by atoms with Gasteiger partial charge in [-0.25, -0.2) is 4.31 Å². The number of nitrogens with zero attached hydrogens (tertiary/aromatic N) is 1. The van der Waals surface area contributed by atoms with E-state index in [9.17, 15) is 9.90 Å². The van der Waals surface area contributed by atoms with E-state index in [1.807, 2.05) is 34.6 Å². The Balaban J connectivity index is 1.65. The molecule has 0 amide bonds. The second kappa shape index (κ2) is 7.37. The van der Waals surface area contributed by atoms with Crippen molar-refractivity contribution >= 4 is 38.9 Å². The van der Waals surface area contributed by atoms with Gasteiger partial charge >= 0.3 is 0 Å². The molecule has 0 aliphatic carbocycles. The monoisotopic (exact) mass is 335 g/mol. The van der Waals surface area contributed by atoms with Gasteiger partial charge in [0.05, 0.1) is 13.2 Å². The maximum absolute atomic E-state index is 12.1. The minimum absolute atomic E-state index is 0.0502. The SMILES string of the molecule is O=C(SCc1c(O)ccc2ccccc12)SN1CCOCC1. The molecular formula is C16H17NO3S2. The molecule has 0 radical (unpaired) electrons. The van der Waals surface area contributed by atoms with Crippen molar-refractivity contribution in [2.75, 3.05) is 26.3 Å². The Morgan fingerprint density at radius 2 is 1.95 bits per heavy atom. The van der Waals surface area contributed by atoms with Crippen LogP contribution in [0.15, 0.2) is 36.4 Å². The first-order valence-corrected chi connectivity index (χ1v) is 8.87. The van der Waals surface area contributed by atoms with Crippen LogP contribution in [0.5, 0.6) is 5.75 Å². The summed E-state index contributed by atoms with van der Waals surface area (Å²) in [5.41, 5.74) is 0.819. The lowest BCUT2D eigenvalue weighted by Gasteiger charge is -2.24. The van der Waals surface area contributed by atoms with E-state index in [1.54, 1.807) is 6.07 Å². The number of hydrogen-bond donors (Lipinski definition) is 1. The standard InChI is InChI=1S/C16H17NO3S2/c18-15-6-5-12-3-1-2-4-13(12)14(15)11-21-16(19)22-17-7-9-20-10-8-17/h1-6,18H,7-11H2. The minimum Gasteiger partial charge on any atom is -0.508 e. The highest BCUT2D eigenvalue weighted by Crippen LogP contribution is 2.33. The van der Waals surface area contributed by atoms with Crippen molar-refractivity contribution in [2.45, 2.75) is 5.75 Å². The van der Waals surface area contributed by atoms with E-state index < -0.39 is 0 Å². The summed E-state index contributed by atoms with van der Waals surface area (Å²) in [5, 5.41) is 12.2. The average Bonchev–Trinajstić information content (AvgIpc) is 2.55. The van der Waals surface area contributed by atoms with Crippen LogP contribution < -0.4 is 0 Å².